The molecule has 0 atom stereocenters. The lowest BCUT2D eigenvalue weighted by atomic mass is 9.67. The Morgan fingerprint density at radius 1 is 0.368 bits per heavy atom. The number of fused-ring (bicyclic) bond motifs is 11. The summed E-state index contributed by atoms with van der Waals surface area (Å²) in [6, 6.07) is 76.8. The first-order valence-corrected chi connectivity index (χ1v) is 23.5. The van der Waals surface area contributed by atoms with Crippen molar-refractivity contribution in [2.45, 2.75) is 26.2 Å². The molecule has 0 radical (unpaired) electrons. The van der Waals surface area contributed by atoms with E-state index in [0.29, 0.717) is 0 Å². The minimum absolute atomic E-state index is 0.322. The molecule has 13 aromatic rings. The first-order chi connectivity index (χ1) is 33.4. The summed E-state index contributed by atoms with van der Waals surface area (Å²) < 4.78 is 13.4. The highest BCUT2D eigenvalue weighted by Gasteiger charge is 2.36. The predicted molar refractivity (Wildman–Crippen MR) is 285 cm³/mol. The maximum absolute atomic E-state index is 6.74. The van der Waals surface area contributed by atoms with Crippen LogP contribution in [-0.2, 0) is 5.41 Å². The van der Waals surface area contributed by atoms with Gasteiger partial charge in [-0.05, 0) is 140 Å². The van der Waals surface area contributed by atoms with Crippen molar-refractivity contribution in [2.75, 3.05) is 9.80 Å². The van der Waals surface area contributed by atoms with E-state index in [2.05, 4.69) is 231 Å². The van der Waals surface area contributed by atoms with Crippen molar-refractivity contribution in [1.82, 2.24) is 0 Å². The fraction of sp³-hybridized carbons (Fsp3) is 0.0625. The molecule has 322 valence electrons. The minimum atomic E-state index is -0.322. The number of nitrogens with zero attached hydrogens (tertiary/aromatic N) is 2. The zero-order valence-electron chi connectivity index (χ0n) is 37.9. The molecule has 1 aliphatic rings. The summed E-state index contributed by atoms with van der Waals surface area (Å²) in [6.45, 7) is 7.11. The van der Waals surface area contributed by atoms with Gasteiger partial charge in [-0.1, -0.05) is 153 Å². The second-order valence-corrected chi connectivity index (χ2v) is 18.9. The number of furan rings is 2. The molecule has 4 heteroatoms. The predicted octanol–water partition coefficient (Wildman–Crippen LogP) is 18.5. The van der Waals surface area contributed by atoms with Gasteiger partial charge < -0.3 is 18.6 Å². The van der Waals surface area contributed by atoms with Crippen LogP contribution in [0.15, 0.2) is 221 Å². The Hall–Kier alpha value is -8.60. The standard InChI is InChI=1S/C64H44N2O2/c1-39-46-34-32-44(66(43-31-30-40-16-7-8-17-41(40)36-43)57-27-15-24-51-48-21-10-12-29-59(48)68-63(51)57)37-53(46)49-22-13-25-54-61(49)60(39)52-35-33-45(38-55(52)64(54,2)3)65(42-18-5-4-6-19-42)56-26-14-23-50-47-20-9-11-28-58(47)67-62(50)56/h4-38H,1-3H3. The molecule has 0 unspecified atom stereocenters. The lowest BCUT2D eigenvalue weighted by Crippen LogP contribution is -2.25. The van der Waals surface area contributed by atoms with Crippen molar-refractivity contribution in [3.05, 3.63) is 229 Å². The van der Waals surface area contributed by atoms with Gasteiger partial charge in [0.2, 0.25) is 0 Å². The second-order valence-electron chi connectivity index (χ2n) is 18.9. The fourth-order valence-corrected chi connectivity index (χ4v) is 11.6. The van der Waals surface area contributed by atoms with Crippen LogP contribution >= 0.6 is 0 Å². The van der Waals surface area contributed by atoms with Gasteiger partial charge in [0.1, 0.15) is 11.2 Å². The van der Waals surface area contributed by atoms with Gasteiger partial charge in [-0.2, -0.15) is 0 Å². The number of rotatable bonds is 6. The van der Waals surface area contributed by atoms with Gasteiger partial charge in [0.25, 0.3) is 0 Å². The third kappa shape index (κ3) is 5.55. The van der Waals surface area contributed by atoms with Crippen LogP contribution in [0.4, 0.5) is 34.1 Å². The number of aryl methyl sites for hydroxylation is 1. The van der Waals surface area contributed by atoms with E-state index in [1.54, 1.807) is 0 Å². The number of anilines is 6. The van der Waals surface area contributed by atoms with Gasteiger partial charge in [-0.25, -0.2) is 0 Å². The molecule has 0 saturated heterocycles. The zero-order chi connectivity index (χ0) is 45.3. The van der Waals surface area contributed by atoms with Crippen molar-refractivity contribution in [3.63, 3.8) is 0 Å². The largest absolute Gasteiger partial charge is 0.454 e. The average Bonchev–Trinajstić information content (AvgIpc) is 3.96. The first-order valence-electron chi connectivity index (χ1n) is 23.5. The molecule has 2 aromatic heterocycles. The Balaban J connectivity index is 0.975. The first kappa shape index (κ1) is 38.6. The summed E-state index contributed by atoms with van der Waals surface area (Å²) in [7, 11) is 0. The van der Waals surface area contributed by atoms with Crippen LogP contribution < -0.4 is 9.80 Å². The van der Waals surface area contributed by atoms with E-state index in [1.165, 1.54) is 60.1 Å². The molecule has 2 heterocycles. The van der Waals surface area contributed by atoms with E-state index >= 15 is 0 Å². The highest BCUT2D eigenvalue weighted by molar-refractivity contribution is 6.20. The summed E-state index contributed by atoms with van der Waals surface area (Å²) in [5, 5.41) is 11.9. The molecule has 4 nitrogen and oxygen atoms in total. The van der Waals surface area contributed by atoms with Gasteiger partial charge in [0.05, 0.1) is 11.4 Å². The van der Waals surface area contributed by atoms with Crippen LogP contribution in [0.25, 0.3) is 87.3 Å². The minimum Gasteiger partial charge on any atom is -0.454 e. The zero-order valence-corrected chi connectivity index (χ0v) is 37.9. The summed E-state index contributed by atoms with van der Waals surface area (Å²) in [6.07, 6.45) is 0. The van der Waals surface area contributed by atoms with Gasteiger partial charge in [-0.15, -0.1) is 0 Å². The van der Waals surface area contributed by atoms with Gasteiger partial charge in [0, 0.05) is 49.7 Å². The summed E-state index contributed by atoms with van der Waals surface area (Å²) >= 11 is 0. The molecule has 0 spiro atoms. The maximum Gasteiger partial charge on any atom is 0.159 e. The third-order valence-corrected chi connectivity index (χ3v) is 14.8. The van der Waals surface area contributed by atoms with Gasteiger partial charge in [0.15, 0.2) is 11.2 Å². The number of hydrogen-bond donors (Lipinski definition) is 0. The van der Waals surface area contributed by atoms with E-state index in [-0.39, 0.29) is 5.41 Å². The Bertz CT molecular complexity index is 4210. The van der Waals surface area contributed by atoms with Crippen LogP contribution in [0, 0.1) is 6.92 Å². The summed E-state index contributed by atoms with van der Waals surface area (Å²) in [4.78, 5) is 4.74. The van der Waals surface area contributed by atoms with E-state index in [1.807, 2.05) is 12.1 Å². The third-order valence-electron chi connectivity index (χ3n) is 14.8. The van der Waals surface area contributed by atoms with E-state index < -0.39 is 0 Å². The van der Waals surface area contributed by atoms with E-state index in [0.717, 1.165) is 78.0 Å². The Morgan fingerprint density at radius 3 is 1.63 bits per heavy atom. The molecule has 1 aliphatic carbocycles. The van der Waals surface area contributed by atoms with Crippen molar-refractivity contribution >= 4 is 110 Å². The quantitative estimate of drug-likeness (QED) is 0.156. The van der Waals surface area contributed by atoms with Crippen molar-refractivity contribution in [3.8, 4) is 11.1 Å². The monoisotopic (exact) mass is 872 g/mol. The second kappa shape index (κ2) is 14.4. The average molecular weight is 873 g/mol. The highest BCUT2D eigenvalue weighted by Crippen LogP contribution is 2.54. The number of benzene rings is 11. The Kier molecular flexibility index (Phi) is 8.21. The molecule has 14 rings (SSSR count). The molecule has 0 aliphatic heterocycles. The summed E-state index contributed by atoms with van der Waals surface area (Å²) in [5.74, 6) is 0. The normalized spacial score (nSPS) is 13.0. The Morgan fingerprint density at radius 2 is 0.912 bits per heavy atom. The number of para-hydroxylation sites is 5. The fourth-order valence-electron chi connectivity index (χ4n) is 11.6. The molecule has 0 amide bonds. The maximum atomic E-state index is 6.74. The summed E-state index contributed by atoms with van der Waals surface area (Å²) in [5.41, 5.74) is 16.0. The molecule has 0 bridgehead atoms. The van der Waals surface area contributed by atoms with Gasteiger partial charge in [-0.3, -0.25) is 0 Å². The van der Waals surface area contributed by atoms with Crippen LogP contribution in [0.2, 0.25) is 0 Å². The molecule has 11 aromatic carbocycles. The molecular weight excluding hydrogens is 829 g/mol. The van der Waals surface area contributed by atoms with Crippen molar-refractivity contribution in [1.29, 1.82) is 0 Å². The molecule has 0 saturated carbocycles. The van der Waals surface area contributed by atoms with Crippen LogP contribution in [0.1, 0.15) is 30.5 Å². The lowest BCUT2D eigenvalue weighted by molar-refractivity contribution is 0.645. The van der Waals surface area contributed by atoms with Crippen LogP contribution in [-0.4, -0.2) is 0 Å². The van der Waals surface area contributed by atoms with Crippen LogP contribution in [0.3, 0.4) is 0 Å². The Labute approximate surface area is 393 Å². The van der Waals surface area contributed by atoms with Crippen molar-refractivity contribution in [2.24, 2.45) is 0 Å². The lowest BCUT2D eigenvalue weighted by Gasteiger charge is -2.37. The molecule has 68 heavy (non-hydrogen) atoms. The molecule has 0 fully saturated rings. The SMILES string of the molecule is Cc1c2c3c(cccc3c3cc(N(c4ccc5ccccc5c4)c4cccc5c4oc4ccccc45)ccc13)C(C)(C)c1cc(N(c3ccccc3)c3cccc4c3oc3ccccc34)ccc1-2. The molecular formula is C64H44N2O2. The number of hydrogen-bond acceptors (Lipinski definition) is 4. The van der Waals surface area contributed by atoms with Crippen LogP contribution in [0.5, 0.6) is 0 Å². The smallest absolute Gasteiger partial charge is 0.159 e. The topological polar surface area (TPSA) is 32.8 Å². The highest BCUT2D eigenvalue weighted by atomic mass is 16.3. The van der Waals surface area contributed by atoms with Gasteiger partial charge >= 0.3 is 0 Å². The molecule has 0 N–H and O–H groups in total. The van der Waals surface area contributed by atoms with E-state index in [9.17, 15) is 0 Å². The van der Waals surface area contributed by atoms with Crippen molar-refractivity contribution < 1.29 is 8.83 Å². The van der Waals surface area contributed by atoms with E-state index in [4.69, 9.17) is 8.83 Å².